The predicted octanol–water partition coefficient (Wildman–Crippen LogP) is 3.94. The molecule has 4 rings (SSSR count). The summed E-state index contributed by atoms with van der Waals surface area (Å²) in [5, 5.41) is 13.5. The molecule has 0 aromatic heterocycles. The molecule has 6 amide bonds. The van der Waals surface area contributed by atoms with Crippen LogP contribution >= 0.6 is 23.5 Å². The zero-order valence-corrected chi connectivity index (χ0v) is 38.4. The third-order valence-electron chi connectivity index (χ3n) is 10.9. The molecule has 3 unspecified atom stereocenters. The SMILES string of the molecule is CCCC(NC(=O)[C@@H]1CC2(CN1C(=O)[C@@H](NC(=O)C(CC(C)C)NC(C)=O)C1CCCCC1)SCCCS2)C(=O)C(=O)NCC(=O)NC(C(=O)OC(C)(C)C)c1ccccc1. The number of likely N-dealkylation sites (tertiary alicyclic amines) is 1. The minimum Gasteiger partial charge on any atom is -0.458 e. The number of carbonyl (C=O) groups excluding carboxylic acids is 8. The number of hydrogen-bond acceptors (Lipinski definition) is 11. The summed E-state index contributed by atoms with van der Waals surface area (Å²) < 4.78 is 5.04. The Morgan fingerprint density at radius 3 is 2.11 bits per heavy atom. The molecule has 1 aromatic rings. The summed E-state index contributed by atoms with van der Waals surface area (Å²) in [4.78, 5) is 110. The van der Waals surface area contributed by atoms with Crippen molar-refractivity contribution < 1.29 is 43.1 Å². The van der Waals surface area contributed by atoms with Crippen molar-refractivity contribution in [2.24, 2.45) is 11.8 Å². The van der Waals surface area contributed by atoms with Gasteiger partial charge in [0.2, 0.25) is 35.3 Å². The summed E-state index contributed by atoms with van der Waals surface area (Å²) in [5.74, 6) is -3.61. The first-order valence-corrected chi connectivity index (χ1v) is 23.7. The van der Waals surface area contributed by atoms with Crippen LogP contribution in [0.25, 0.3) is 0 Å². The van der Waals surface area contributed by atoms with Crippen LogP contribution in [0.2, 0.25) is 0 Å². The molecule has 5 N–H and O–H groups in total. The number of amides is 6. The van der Waals surface area contributed by atoms with Crippen molar-refractivity contribution in [1.82, 2.24) is 31.5 Å². The number of Topliss-reactive ketones (excluding diaryl/α,β-unsaturated/α-hetero) is 1. The normalized spacial score (nSPS) is 19.8. The molecule has 1 aromatic carbocycles. The number of rotatable bonds is 18. The summed E-state index contributed by atoms with van der Waals surface area (Å²) in [6.07, 6.45) is 6.48. The van der Waals surface area contributed by atoms with E-state index >= 15 is 0 Å². The van der Waals surface area contributed by atoms with Crippen molar-refractivity contribution in [1.29, 1.82) is 0 Å². The van der Waals surface area contributed by atoms with Gasteiger partial charge in [0.05, 0.1) is 16.7 Å². The number of nitrogens with zero attached hydrogens (tertiary/aromatic N) is 1. The minimum absolute atomic E-state index is 0.0903. The Bertz CT molecular complexity index is 1730. The molecule has 1 aliphatic carbocycles. The van der Waals surface area contributed by atoms with E-state index in [1.807, 2.05) is 13.8 Å². The fourth-order valence-corrected chi connectivity index (χ4v) is 11.4. The lowest BCUT2D eigenvalue weighted by Crippen LogP contribution is -2.60. The van der Waals surface area contributed by atoms with E-state index in [4.69, 9.17) is 4.74 Å². The zero-order chi connectivity index (χ0) is 44.9. The quantitative estimate of drug-likeness (QED) is 0.105. The van der Waals surface area contributed by atoms with Crippen LogP contribution in [0.3, 0.4) is 0 Å². The lowest BCUT2D eigenvalue weighted by atomic mass is 9.83. The molecule has 2 saturated heterocycles. The fourth-order valence-electron chi connectivity index (χ4n) is 8.09. The Morgan fingerprint density at radius 1 is 0.869 bits per heavy atom. The molecule has 0 bridgehead atoms. The fraction of sp³-hybridized carbons (Fsp3) is 0.682. The molecule has 3 fully saturated rings. The highest BCUT2D eigenvalue weighted by atomic mass is 32.2. The van der Waals surface area contributed by atoms with Crippen LogP contribution in [0.4, 0.5) is 0 Å². The summed E-state index contributed by atoms with van der Waals surface area (Å²) in [7, 11) is 0. The van der Waals surface area contributed by atoms with Gasteiger partial charge in [0.1, 0.15) is 23.7 Å². The third-order valence-corrected chi connectivity index (χ3v) is 14.2. The zero-order valence-electron chi connectivity index (χ0n) is 36.8. The molecular formula is C44H66N6O9S2. The van der Waals surface area contributed by atoms with Gasteiger partial charge in [-0.05, 0) is 81.8 Å². The first-order valence-electron chi connectivity index (χ1n) is 21.7. The Balaban J connectivity index is 1.51. The smallest absolute Gasteiger partial charge is 0.333 e. The average molecular weight is 887 g/mol. The summed E-state index contributed by atoms with van der Waals surface area (Å²) in [6.45, 7) is 11.8. The maximum Gasteiger partial charge on any atom is 0.333 e. The van der Waals surface area contributed by atoms with Crippen LogP contribution in [0.15, 0.2) is 30.3 Å². The second kappa shape index (κ2) is 22.8. The van der Waals surface area contributed by atoms with E-state index in [0.717, 1.165) is 50.0 Å². The van der Waals surface area contributed by atoms with Crippen LogP contribution in [0.5, 0.6) is 0 Å². The Labute approximate surface area is 368 Å². The van der Waals surface area contributed by atoms with E-state index in [2.05, 4.69) is 26.6 Å². The van der Waals surface area contributed by atoms with Crippen molar-refractivity contribution in [3.63, 3.8) is 0 Å². The van der Waals surface area contributed by atoms with E-state index < -0.39 is 81.8 Å². The highest BCUT2D eigenvalue weighted by Gasteiger charge is 2.52. The van der Waals surface area contributed by atoms with Gasteiger partial charge in [0.25, 0.3) is 5.91 Å². The Kier molecular flexibility index (Phi) is 18.5. The number of esters is 1. The van der Waals surface area contributed by atoms with Gasteiger partial charge in [-0.3, -0.25) is 33.6 Å². The Hall–Kier alpha value is -4.12. The van der Waals surface area contributed by atoms with E-state index in [-0.39, 0.29) is 36.6 Å². The van der Waals surface area contributed by atoms with Crippen molar-refractivity contribution >= 4 is 70.7 Å². The lowest BCUT2D eigenvalue weighted by Gasteiger charge is -2.36. The van der Waals surface area contributed by atoms with E-state index in [1.165, 1.54) is 6.92 Å². The topological polar surface area (TPSA) is 209 Å². The molecule has 338 valence electrons. The number of ether oxygens (including phenoxy) is 1. The first kappa shape index (κ1) is 49.5. The van der Waals surface area contributed by atoms with Gasteiger partial charge >= 0.3 is 5.97 Å². The van der Waals surface area contributed by atoms with Gasteiger partial charge in [0, 0.05) is 19.9 Å². The number of benzene rings is 1. The van der Waals surface area contributed by atoms with E-state index in [9.17, 15) is 38.4 Å². The summed E-state index contributed by atoms with van der Waals surface area (Å²) >= 11 is 3.42. The molecule has 2 aliphatic heterocycles. The maximum absolute atomic E-state index is 14.9. The molecule has 1 spiro atoms. The predicted molar refractivity (Wildman–Crippen MR) is 236 cm³/mol. The van der Waals surface area contributed by atoms with Crippen molar-refractivity contribution in [3.05, 3.63) is 35.9 Å². The number of hydrogen-bond donors (Lipinski definition) is 5. The second-order valence-electron chi connectivity index (χ2n) is 17.8. The molecule has 1 saturated carbocycles. The maximum atomic E-state index is 14.9. The second-order valence-corrected chi connectivity index (χ2v) is 21.0. The molecule has 5 atom stereocenters. The first-order chi connectivity index (χ1) is 28.8. The van der Waals surface area contributed by atoms with Crippen molar-refractivity contribution in [2.45, 2.75) is 153 Å². The molecular weight excluding hydrogens is 821 g/mol. The van der Waals surface area contributed by atoms with Crippen molar-refractivity contribution in [3.8, 4) is 0 Å². The van der Waals surface area contributed by atoms with Gasteiger partial charge in [0.15, 0.2) is 6.04 Å². The highest BCUT2D eigenvalue weighted by molar-refractivity contribution is 8.18. The number of nitrogens with one attached hydrogen (secondary N) is 5. The molecule has 17 heteroatoms. The minimum atomic E-state index is -1.25. The molecule has 15 nitrogen and oxygen atoms in total. The van der Waals surface area contributed by atoms with Crippen LogP contribution < -0.4 is 26.6 Å². The Morgan fingerprint density at radius 2 is 1.52 bits per heavy atom. The monoisotopic (exact) mass is 886 g/mol. The van der Waals surface area contributed by atoms with Crippen LogP contribution in [-0.4, -0.2) is 111 Å². The number of ketones is 1. The molecule has 3 aliphatic rings. The summed E-state index contributed by atoms with van der Waals surface area (Å²) in [5.41, 5.74) is -0.360. The largest absolute Gasteiger partial charge is 0.458 e. The number of carbonyl (C=O) groups is 8. The van der Waals surface area contributed by atoms with Crippen LogP contribution in [0, 0.1) is 11.8 Å². The highest BCUT2D eigenvalue weighted by Crippen LogP contribution is 2.50. The molecule has 2 heterocycles. The average Bonchev–Trinajstić information content (AvgIpc) is 3.58. The summed E-state index contributed by atoms with van der Waals surface area (Å²) in [6, 6.07) is 3.33. The molecule has 0 radical (unpaired) electrons. The van der Waals surface area contributed by atoms with Crippen LogP contribution in [-0.2, 0) is 43.1 Å². The molecule has 61 heavy (non-hydrogen) atoms. The van der Waals surface area contributed by atoms with E-state index in [0.29, 0.717) is 24.8 Å². The van der Waals surface area contributed by atoms with Gasteiger partial charge in [-0.2, -0.15) is 0 Å². The van der Waals surface area contributed by atoms with E-state index in [1.54, 1.807) is 86.5 Å². The standard InChI is InChI=1S/C44H66N6O9S2/c1-8-16-31(37(53)40(56)45-25-34(52)48-36(30-19-13-10-14-20-30)42(58)59-43(5,6)7)47-39(55)33-24-44(60-21-15-22-61-44)26-50(33)41(57)35(29-17-11-9-12-18-29)49-38(54)32(23-27(2)3)46-28(4)51/h10,13-14,19-20,27,29,31-33,35-36H,8-9,11-12,15-18,21-26H2,1-7H3,(H,45,56)(H,46,51)(H,47,55)(H,48,52)(H,49,54)/t31?,32?,33-,35-,36?/m0/s1. The van der Waals surface area contributed by atoms with Gasteiger partial charge in [-0.25, -0.2) is 4.79 Å². The third kappa shape index (κ3) is 14.7. The lowest BCUT2D eigenvalue weighted by molar-refractivity contribution is -0.159. The van der Waals surface area contributed by atoms with Crippen LogP contribution in [0.1, 0.15) is 124 Å². The number of thioether (sulfide) groups is 2. The van der Waals surface area contributed by atoms with Gasteiger partial charge in [-0.1, -0.05) is 76.8 Å². The van der Waals surface area contributed by atoms with Gasteiger partial charge in [-0.15, -0.1) is 23.5 Å². The van der Waals surface area contributed by atoms with Crippen molar-refractivity contribution in [2.75, 3.05) is 24.6 Å². The van der Waals surface area contributed by atoms with Gasteiger partial charge < -0.3 is 36.2 Å².